The van der Waals surface area contributed by atoms with E-state index < -0.39 is 0 Å². The maximum atomic E-state index is 11.6. The lowest BCUT2D eigenvalue weighted by atomic mass is 9.85. The highest BCUT2D eigenvalue weighted by Crippen LogP contribution is 2.26. The smallest absolute Gasteiger partial charge is 0.315 e. The van der Waals surface area contributed by atoms with Gasteiger partial charge in [0.2, 0.25) is 0 Å². The minimum atomic E-state index is -0.0675. The van der Waals surface area contributed by atoms with Crippen molar-refractivity contribution in [3.8, 4) is 0 Å². The molecule has 0 aliphatic heterocycles. The Bertz CT molecular complexity index is 241. The van der Waals surface area contributed by atoms with Crippen LogP contribution < -0.4 is 10.6 Å². The monoisotopic (exact) mass is 272 g/mol. The Labute approximate surface area is 116 Å². The summed E-state index contributed by atoms with van der Waals surface area (Å²) in [4.78, 5) is 11.6. The van der Waals surface area contributed by atoms with Gasteiger partial charge in [0.25, 0.3) is 0 Å². The first-order chi connectivity index (χ1) is 9.26. The zero-order valence-electron chi connectivity index (χ0n) is 12.0. The number of carbonyl (C=O) groups excluding carboxylic acids is 1. The third-order valence-electron chi connectivity index (χ3n) is 3.75. The molecule has 19 heavy (non-hydrogen) atoms. The number of hydrogen-bond donors (Lipinski definition) is 3. The number of carbonyl (C=O) groups is 1. The van der Waals surface area contributed by atoms with Crippen LogP contribution in [0.2, 0.25) is 0 Å². The summed E-state index contributed by atoms with van der Waals surface area (Å²) >= 11 is 0. The van der Waals surface area contributed by atoms with E-state index in [9.17, 15) is 4.79 Å². The molecule has 0 aromatic carbocycles. The molecule has 1 fully saturated rings. The fourth-order valence-corrected chi connectivity index (χ4v) is 2.49. The Morgan fingerprint density at radius 3 is 2.63 bits per heavy atom. The number of amides is 2. The van der Waals surface area contributed by atoms with Crippen molar-refractivity contribution < 1.29 is 14.6 Å². The highest BCUT2D eigenvalue weighted by atomic mass is 16.5. The third kappa shape index (κ3) is 7.38. The molecule has 5 heteroatoms. The van der Waals surface area contributed by atoms with E-state index in [4.69, 9.17) is 9.84 Å². The van der Waals surface area contributed by atoms with Gasteiger partial charge < -0.3 is 20.5 Å². The van der Waals surface area contributed by atoms with Gasteiger partial charge in [-0.1, -0.05) is 13.3 Å². The van der Waals surface area contributed by atoms with Crippen LogP contribution in [0.25, 0.3) is 0 Å². The molecule has 1 aliphatic carbocycles. The maximum Gasteiger partial charge on any atom is 0.315 e. The molecule has 0 aromatic heterocycles. The van der Waals surface area contributed by atoms with Crippen LogP contribution >= 0.6 is 0 Å². The van der Waals surface area contributed by atoms with Crippen molar-refractivity contribution in [1.29, 1.82) is 0 Å². The molecular formula is C14H28N2O3. The van der Waals surface area contributed by atoms with Crippen LogP contribution in [-0.2, 0) is 4.74 Å². The van der Waals surface area contributed by atoms with E-state index >= 15 is 0 Å². The average molecular weight is 272 g/mol. The van der Waals surface area contributed by atoms with Crippen molar-refractivity contribution >= 4 is 6.03 Å². The number of aliphatic hydroxyl groups excluding tert-OH is 1. The fourth-order valence-electron chi connectivity index (χ4n) is 2.49. The third-order valence-corrected chi connectivity index (χ3v) is 3.75. The van der Waals surface area contributed by atoms with E-state index in [0.717, 1.165) is 25.2 Å². The lowest BCUT2D eigenvalue weighted by Gasteiger charge is -2.28. The Morgan fingerprint density at radius 1 is 1.26 bits per heavy atom. The summed E-state index contributed by atoms with van der Waals surface area (Å²) < 4.78 is 5.12. The predicted molar refractivity (Wildman–Crippen MR) is 75.1 cm³/mol. The van der Waals surface area contributed by atoms with Crippen LogP contribution in [0.3, 0.4) is 0 Å². The minimum Gasteiger partial charge on any atom is -0.394 e. The summed E-state index contributed by atoms with van der Waals surface area (Å²) in [5.74, 6) is 0.852. The van der Waals surface area contributed by atoms with Gasteiger partial charge in [-0.3, -0.25) is 0 Å². The summed E-state index contributed by atoms with van der Waals surface area (Å²) in [5, 5.41) is 14.4. The first-order valence-electron chi connectivity index (χ1n) is 7.49. The number of nitrogens with one attached hydrogen (secondary N) is 2. The molecule has 112 valence electrons. The minimum absolute atomic E-state index is 0.0499. The molecule has 3 N–H and O–H groups in total. The van der Waals surface area contributed by atoms with Gasteiger partial charge in [-0.05, 0) is 38.0 Å². The molecule has 0 unspecified atom stereocenters. The van der Waals surface area contributed by atoms with Crippen LogP contribution in [0.4, 0.5) is 4.79 Å². The molecular weight excluding hydrogens is 244 g/mol. The van der Waals surface area contributed by atoms with Crippen LogP contribution in [0, 0.1) is 5.92 Å². The van der Waals surface area contributed by atoms with Crippen molar-refractivity contribution in [2.45, 2.75) is 51.5 Å². The first kappa shape index (κ1) is 16.2. The van der Waals surface area contributed by atoms with E-state index in [0.29, 0.717) is 25.8 Å². The molecule has 5 nitrogen and oxygen atoms in total. The Kier molecular flexibility index (Phi) is 8.58. The molecule has 1 rings (SSSR count). The second-order valence-corrected chi connectivity index (χ2v) is 5.22. The van der Waals surface area contributed by atoms with Gasteiger partial charge in [-0.25, -0.2) is 4.79 Å². The number of hydrogen-bond acceptors (Lipinski definition) is 3. The normalized spacial score (nSPS) is 23.1. The van der Waals surface area contributed by atoms with Crippen molar-refractivity contribution in [3.63, 3.8) is 0 Å². The maximum absolute atomic E-state index is 11.6. The van der Waals surface area contributed by atoms with Gasteiger partial charge in [0, 0.05) is 19.2 Å². The molecule has 1 aliphatic rings. The van der Waals surface area contributed by atoms with Crippen LogP contribution in [-0.4, -0.2) is 43.5 Å². The Morgan fingerprint density at radius 2 is 2.00 bits per heavy atom. The predicted octanol–water partition coefficient (Wildman–Crippen LogP) is 1.65. The Balaban J connectivity index is 1.99. The summed E-state index contributed by atoms with van der Waals surface area (Å²) in [7, 11) is 0. The van der Waals surface area contributed by atoms with Crippen LogP contribution in [0.1, 0.15) is 45.4 Å². The van der Waals surface area contributed by atoms with Crippen molar-refractivity contribution in [2.75, 3.05) is 26.4 Å². The molecule has 0 bridgehead atoms. The number of aliphatic hydroxyl groups is 1. The molecule has 0 saturated heterocycles. The Hall–Kier alpha value is -0.810. The van der Waals surface area contributed by atoms with Crippen molar-refractivity contribution in [2.24, 2.45) is 5.92 Å². The highest BCUT2D eigenvalue weighted by Gasteiger charge is 2.20. The van der Waals surface area contributed by atoms with E-state index in [-0.39, 0.29) is 12.6 Å². The quantitative estimate of drug-likeness (QED) is 0.588. The summed E-state index contributed by atoms with van der Waals surface area (Å²) in [6.45, 7) is 3.84. The molecule has 0 aromatic rings. The highest BCUT2D eigenvalue weighted by molar-refractivity contribution is 5.74. The van der Waals surface area contributed by atoms with Gasteiger partial charge in [0.05, 0.1) is 13.2 Å². The van der Waals surface area contributed by atoms with Crippen molar-refractivity contribution in [3.05, 3.63) is 0 Å². The standard InChI is InChI=1S/C14H28N2O3/c1-2-12-4-6-13(7-5-12)16-14(18)15-8-3-10-19-11-9-17/h12-13,17H,2-11H2,1H3,(H2,15,16,18). The molecule has 0 heterocycles. The topological polar surface area (TPSA) is 70.6 Å². The zero-order chi connectivity index (χ0) is 13.9. The second kappa shape index (κ2) is 10.0. The van der Waals surface area contributed by atoms with Gasteiger partial charge in [-0.2, -0.15) is 0 Å². The molecule has 2 amide bonds. The SMILES string of the molecule is CCC1CCC(NC(=O)NCCCOCCO)CC1. The molecule has 0 spiro atoms. The number of urea groups is 1. The summed E-state index contributed by atoms with van der Waals surface area (Å²) in [5.41, 5.74) is 0. The van der Waals surface area contributed by atoms with Crippen LogP contribution in [0.5, 0.6) is 0 Å². The van der Waals surface area contributed by atoms with Crippen molar-refractivity contribution in [1.82, 2.24) is 10.6 Å². The molecule has 0 atom stereocenters. The van der Waals surface area contributed by atoms with Gasteiger partial charge in [0.15, 0.2) is 0 Å². The van der Waals surface area contributed by atoms with Gasteiger partial charge in [0.1, 0.15) is 0 Å². The molecule has 1 saturated carbocycles. The second-order valence-electron chi connectivity index (χ2n) is 5.22. The van der Waals surface area contributed by atoms with E-state index in [1.165, 1.54) is 19.3 Å². The summed E-state index contributed by atoms with van der Waals surface area (Å²) in [6, 6.07) is 0.274. The van der Waals surface area contributed by atoms with Gasteiger partial charge >= 0.3 is 6.03 Å². The van der Waals surface area contributed by atoms with E-state index in [1.54, 1.807) is 0 Å². The molecule has 0 radical (unpaired) electrons. The van der Waals surface area contributed by atoms with Gasteiger partial charge in [-0.15, -0.1) is 0 Å². The van der Waals surface area contributed by atoms with Crippen LogP contribution in [0.15, 0.2) is 0 Å². The number of ether oxygens (including phenoxy) is 1. The summed E-state index contributed by atoms with van der Waals surface area (Å²) in [6.07, 6.45) is 6.70. The largest absolute Gasteiger partial charge is 0.394 e. The number of rotatable bonds is 8. The zero-order valence-corrected chi connectivity index (χ0v) is 12.0. The van der Waals surface area contributed by atoms with E-state index in [2.05, 4.69) is 17.6 Å². The lowest BCUT2D eigenvalue weighted by Crippen LogP contribution is -2.44. The van der Waals surface area contributed by atoms with E-state index in [1.807, 2.05) is 0 Å². The first-order valence-corrected chi connectivity index (χ1v) is 7.49. The fraction of sp³-hybridized carbons (Fsp3) is 0.929. The lowest BCUT2D eigenvalue weighted by molar-refractivity contribution is 0.0909. The average Bonchev–Trinajstić information content (AvgIpc) is 2.43.